The summed E-state index contributed by atoms with van der Waals surface area (Å²) in [5, 5.41) is 11.6. The van der Waals surface area contributed by atoms with Gasteiger partial charge in [0.25, 0.3) is 0 Å². The highest BCUT2D eigenvalue weighted by molar-refractivity contribution is 5.92. The van der Waals surface area contributed by atoms with Crippen molar-refractivity contribution in [3.05, 3.63) is 59.4 Å². The van der Waals surface area contributed by atoms with Crippen molar-refractivity contribution in [1.82, 2.24) is 10.3 Å². The van der Waals surface area contributed by atoms with Crippen LogP contribution in [0.2, 0.25) is 0 Å². The fourth-order valence-corrected chi connectivity index (χ4v) is 3.88. The summed E-state index contributed by atoms with van der Waals surface area (Å²) in [6, 6.07) is 7.97. The van der Waals surface area contributed by atoms with E-state index in [4.69, 9.17) is 5.11 Å². The number of carbonyl (C=O) groups is 1. The molecular weight excluding hydrogens is 357 g/mol. The van der Waals surface area contributed by atoms with Crippen LogP contribution >= 0.6 is 0 Å². The van der Waals surface area contributed by atoms with Gasteiger partial charge in [0.2, 0.25) is 0 Å². The van der Waals surface area contributed by atoms with Gasteiger partial charge in [0.05, 0.1) is 11.2 Å². The number of hydrogen-bond acceptors (Lipinski definition) is 1. The summed E-state index contributed by atoms with van der Waals surface area (Å²) in [6.07, 6.45) is 0.348. The summed E-state index contributed by atoms with van der Waals surface area (Å²) >= 11 is 0. The third-order valence-electron chi connectivity index (χ3n) is 5.18. The molecule has 0 atom stereocenters. The molecule has 0 saturated heterocycles. The van der Waals surface area contributed by atoms with E-state index in [0.717, 1.165) is 11.6 Å². The standard InChI is InChI=1S/C20H17F3N2O2/c21-13-3-1-11(2-4-13)18-17(12-5-10(6-12)9-24-20(26)27)15-7-14(22)8-16(23)19(15)25-18/h1-4,7-8,10,12,24-25H,5-6,9H2,(H,26,27). The van der Waals surface area contributed by atoms with Gasteiger partial charge >= 0.3 is 6.09 Å². The maximum absolute atomic E-state index is 14.3. The van der Waals surface area contributed by atoms with Gasteiger partial charge in [-0.05, 0) is 66.1 Å². The maximum atomic E-state index is 14.3. The zero-order chi connectivity index (χ0) is 19.1. The third-order valence-corrected chi connectivity index (χ3v) is 5.18. The van der Waals surface area contributed by atoms with Gasteiger partial charge < -0.3 is 15.4 Å². The SMILES string of the molecule is O=C(O)NCC1CC(c2c(-c3ccc(F)cc3)[nH]c3c(F)cc(F)cc23)C1. The fraction of sp³-hybridized carbons (Fsp3) is 0.250. The van der Waals surface area contributed by atoms with Crippen molar-refractivity contribution in [2.75, 3.05) is 6.54 Å². The summed E-state index contributed by atoms with van der Waals surface area (Å²) in [5.41, 5.74) is 2.35. The predicted octanol–water partition coefficient (Wildman–Crippen LogP) is 5.01. The van der Waals surface area contributed by atoms with E-state index < -0.39 is 17.7 Å². The number of halogens is 3. The summed E-state index contributed by atoms with van der Waals surface area (Å²) in [7, 11) is 0. The number of amides is 1. The minimum Gasteiger partial charge on any atom is -0.465 e. The number of rotatable bonds is 4. The van der Waals surface area contributed by atoms with E-state index in [-0.39, 0.29) is 23.2 Å². The largest absolute Gasteiger partial charge is 0.465 e. The minimum atomic E-state index is -1.07. The van der Waals surface area contributed by atoms with E-state index in [1.807, 2.05) is 0 Å². The third kappa shape index (κ3) is 3.25. The lowest BCUT2D eigenvalue weighted by atomic mass is 9.70. The van der Waals surface area contributed by atoms with Gasteiger partial charge in [0, 0.05) is 18.0 Å². The Kier molecular flexibility index (Phi) is 4.30. The molecule has 1 amide bonds. The molecule has 0 unspecified atom stereocenters. The molecule has 0 bridgehead atoms. The van der Waals surface area contributed by atoms with E-state index in [1.165, 1.54) is 18.2 Å². The lowest BCUT2D eigenvalue weighted by molar-refractivity contribution is 0.184. The number of aromatic amines is 1. The Morgan fingerprint density at radius 3 is 2.48 bits per heavy atom. The van der Waals surface area contributed by atoms with Crippen LogP contribution in [0.4, 0.5) is 18.0 Å². The van der Waals surface area contributed by atoms with Crippen molar-refractivity contribution in [3.8, 4) is 11.3 Å². The molecule has 3 aromatic rings. The van der Waals surface area contributed by atoms with Gasteiger partial charge in [-0.3, -0.25) is 0 Å². The van der Waals surface area contributed by atoms with Crippen LogP contribution in [0, 0.1) is 23.4 Å². The number of hydrogen-bond donors (Lipinski definition) is 3. The van der Waals surface area contributed by atoms with Crippen LogP contribution in [0.3, 0.4) is 0 Å². The number of aromatic nitrogens is 1. The molecular formula is C20H17F3N2O2. The van der Waals surface area contributed by atoms with Crippen LogP contribution < -0.4 is 5.32 Å². The molecule has 0 radical (unpaired) electrons. The van der Waals surface area contributed by atoms with Crippen molar-refractivity contribution in [1.29, 1.82) is 0 Å². The van der Waals surface area contributed by atoms with E-state index in [9.17, 15) is 18.0 Å². The van der Waals surface area contributed by atoms with Crippen LogP contribution in [-0.2, 0) is 0 Å². The highest BCUT2D eigenvalue weighted by atomic mass is 19.1. The second kappa shape index (κ2) is 6.64. The molecule has 1 saturated carbocycles. The van der Waals surface area contributed by atoms with Crippen LogP contribution in [0.5, 0.6) is 0 Å². The van der Waals surface area contributed by atoms with Crippen LogP contribution in [0.15, 0.2) is 36.4 Å². The second-order valence-electron chi connectivity index (χ2n) is 6.95. The summed E-state index contributed by atoms with van der Waals surface area (Å²) < 4.78 is 41.4. The fourth-order valence-electron chi connectivity index (χ4n) is 3.88. The molecule has 1 aliphatic rings. The molecule has 1 aromatic heterocycles. The predicted molar refractivity (Wildman–Crippen MR) is 95.1 cm³/mol. The number of fused-ring (bicyclic) bond motifs is 1. The average Bonchev–Trinajstić information content (AvgIpc) is 2.93. The number of carboxylic acid groups (broad SMARTS) is 1. The Morgan fingerprint density at radius 1 is 1.11 bits per heavy atom. The highest BCUT2D eigenvalue weighted by Gasteiger charge is 2.34. The topological polar surface area (TPSA) is 65.1 Å². The quantitative estimate of drug-likeness (QED) is 0.601. The van der Waals surface area contributed by atoms with Gasteiger partial charge in [-0.1, -0.05) is 0 Å². The second-order valence-corrected chi connectivity index (χ2v) is 6.95. The molecule has 3 N–H and O–H groups in total. The molecule has 1 aliphatic carbocycles. The number of H-pyrrole nitrogens is 1. The maximum Gasteiger partial charge on any atom is 0.404 e. The molecule has 1 heterocycles. The van der Waals surface area contributed by atoms with Crippen LogP contribution in [0.25, 0.3) is 22.2 Å². The first-order chi connectivity index (χ1) is 12.9. The zero-order valence-corrected chi connectivity index (χ0v) is 14.2. The molecule has 0 aliphatic heterocycles. The number of benzene rings is 2. The molecule has 0 spiro atoms. The smallest absolute Gasteiger partial charge is 0.404 e. The average molecular weight is 374 g/mol. The van der Waals surface area contributed by atoms with E-state index in [0.29, 0.717) is 36.0 Å². The Morgan fingerprint density at radius 2 is 1.81 bits per heavy atom. The summed E-state index contributed by atoms with van der Waals surface area (Å²) in [4.78, 5) is 13.7. The van der Waals surface area contributed by atoms with Crippen molar-refractivity contribution in [2.45, 2.75) is 18.8 Å². The molecule has 1 fully saturated rings. The Bertz CT molecular complexity index is 1010. The van der Waals surface area contributed by atoms with Crippen molar-refractivity contribution >= 4 is 17.0 Å². The lowest BCUT2D eigenvalue weighted by Crippen LogP contribution is -2.34. The molecule has 2 aromatic carbocycles. The highest BCUT2D eigenvalue weighted by Crippen LogP contribution is 2.48. The summed E-state index contributed by atoms with van der Waals surface area (Å²) in [5.74, 6) is -1.49. The van der Waals surface area contributed by atoms with Crippen LogP contribution in [0.1, 0.15) is 24.3 Å². The summed E-state index contributed by atoms with van der Waals surface area (Å²) in [6.45, 7) is 0.350. The first-order valence-corrected chi connectivity index (χ1v) is 8.65. The van der Waals surface area contributed by atoms with Crippen molar-refractivity contribution in [2.24, 2.45) is 5.92 Å². The molecule has 4 rings (SSSR count). The van der Waals surface area contributed by atoms with Gasteiger partial charge in [0.15, 0.2) is 0 Å². The van der Waals surface area contributed by atoms with E-state index in [1.54, 1.807) is 12.1 Å². The number of nitrogens with one attached hydrogen (secondary N) is 2. The van der Waals surface area contributed by atoms with Gasteiger partial charge in [-0.15, -0.1) is 0 Å². The normalized spacial score (nSPS) is 19.1. The molecule has 27 heavy (non-hydrogen) atoms. The Balaban J connectivity index is 1.74. The Hall–Kier alpha value is -2.96. The van der Waals surface area contributed by atoms with Crippen LogP contribution in [-0.4, -0.2) is 22.7 Å². The minimum absolute atomic E-state index is 0.0422. The van der Waals surface area contributed by atoms with Crippen molar-refractivity contribution in [3.63, 3.8) is 0 Å². The first kappa shape index (κ1) is 17.5. The molecule has 7 heteroatoms. The molecule has 4 nitrogen and oxygen atoms in total. The van der Waals surface area contributed by atoms with Gasteiger partial charge in [-0.2, -0.15) is 0 Å². The van der Waals surface area contributed by atoms with E-state index in [2.05, 4.69) is 10.3 Å². The zero-order valence-electron chi connectivity index (χ0n) is 14.2. The first-order valence-electron chi connectivity index (χ1n) is 8.65. The molecule has 140 valence electrons. The van der Waals surface area contributed by atoms with Gasteiger partial charge in [-0.25, -0.2) is 18.0 Å². The van der Waals surface area contributed by atoms with Crippen molar-refractivity contribution < 1.29 is 23.1 Å². The van der Waals surface area contributed by atoms with E-state index >= 15 is 0 Å². The Labute approximate surface area is 153 Å². The van der Waals surface area contributed by atoms with Gasteiger partial charge in [0.1, 0.15) is 17.5 Å². The monoisotopic (exact) mass is 374 g/mol. The lowest BCUT2D eigenvalue weighted by Gasteiger charge is -2.36.